The van der Waals surface area contributed by atoms with Gasteiger partial charge < -0.3 is 5.32 Å². The van der Waals surface area contributed by atoms with Crippen LogP contribution in [0.4, 0.5) is 24.5 Å². The minimum absolute atomic E-state index is 0.126. The number of nitrogens with zero attached hydrogens (tertiary/aromatic N) is 1. The summed E-state index contributed by atoms with van der Waals surface area (Å²) in [7, 11) is 0. The van der Waals surface area contributed by atoms with Crippen molar-refractivity contribution >= 4 is 23.0 Å². The van der Waals surface area contributed by atoms with Crippen LogP contribution >= 0.6 is 11.6 Å². The number of benzene rings is 2. The Morgan fingerprint density at radius 1 is 1.19 bits per heavy atom. The second-order valence-corrected chi connectivity index (χ2v) is 4.58. The zero-order valence-corrected chi connectivity index (χ0v) is 11.1. The molecule has 0 unspecified atom stereocenters. The Labute approximate surface area is 122 Å². The smallest absolute Gasteiger partial charge is 0.295 e. The maximum atomic E-state index is 13.6. The number of nitro groups is 1. The molecule has 8 heteroatoms. The van der Waals surface area contributed by atoms with Crippen molar-refractivity contribution in [3.8, 4) is 0 Å². The predicted octanol–water partition coefficient (Wildman–Crippen LogP) is 4.28. The molecule has 0 aliphatic heterocycles. The van der Waals surface area contributed by atoms with Crippen LogP contribution in [0.25, 0.3) is 0 Å². The van der Waals surface area contributed by atoms with Crippen molar-refractivity contribution in [3.05, 3.63) is 68.5 Å². The Morgan fingerprint density at radius 2 is 1.90 bits per heavy atom. The van der Waals surface area contributed by atoms with Crippen molar-refractivity contribution in [1.82, 2.24) is 0 Å². The molecule has 21 heavy (non-hydrogen) atoms. The average Bonchev–Trinajstić information content (AvgIpc) is 2.39. The summed E-state index contributed by atoms with van der Waals surface area (Å²) < 4.78 is 39.9. The fourth-order valence-electron chi connectivity index (χ4n) is 1.76. The molecule has 0 amide bonds. The lowest BCUT2D eigenvalue weighted by Crippen LogP contribution is -2.06. The molecule has 0 bridgehead atoms. The molecular formula is C13H8ClF3N2O2. The molecule has 0 spiro atoms. The van der Waals surface area contributed by atoms with Crippen molar-refractivity contribution in [2.45, 2.75) is 6.54 Å². The fraction of sp³-hybridized carbons (Fsp3) is 0.0769. The van der Waals surface area contributed by atoms with E-state index in [4.69, 9.17) is 11.6 Å². The van der Waals surface area contributed by atoms with Crippen molar-refractivity contribution in [2.75, 3.05) is 5.32 Å². The Balaban J connectivity index is 2.31. The maximum Gasteiger partial charge on any atom is 0.295 e. The summed E-state index contributed by atoms with van der Waals surface area (Å²) in [6.45, 7) is -0.154. The summed E-state index contributed by atoms with van der Waals surface area (Å²) in [5.41, 5.74) is -0.880. The van der Waals surface area contributed by atoms with Crippen LogP contribution in [0, 0.1) is 27.6 Å². The molecule has 0 fully saturated rings. The molecule has 2 rings (SSSR count). The molecule has 0 aliphatic rings. The Hall–Kier alpha value is -2.28. The van der Waals surface area contributed by atoms with E-state index in [9.17, 15) is 23.3 Å². The molecule has 0 heterocycles. The number of hydrogen-bond donors (Lipinski definition) is 1. The second-order valence-electron chi connectivity index (χ2n) is 4.14. The van der Waals surface area contributed by atoms with Gasteiger partial charge in [0.05, 0.1) is 4.92 Å². The van der Waals surface area contributed by atoms with E-state index < -0.39 is 33.7 Å². The van der Waals surface area contributed by atoms with E-state index >= 15 is 0 Å². The lowest BCUT2D eigenvalue weighted by molar-refractivity contribution is -0.384. The molecule has 0 aliphatic carbocycles. The Kier molecular flexibility index (Phi) is 4.32. The van der Waals surface area contributed by atoms with Gasteiger partial charge >= 0.3 is 0 Å². The van der Waals surface area contributed by atoms with Crippen LogP contribution in [0.2, 0.25) is 5.02 Å². The van der Waals surface area contributed by atoms with Crippen LogP contribution in [-0.4, -0.2) is 4.92 Å². The van der Waals surface area contributed by atoms with E-state index in [0.717, 1.165) is 18.2 Å². The zero-order chi connectivity index (χ0) is 15.6. The molecule has 0 atom stereocenters. The van der Waals surface area contributed by atoms with Gasteiger partial charge in [0.25, 0.3) is 5.69 Å². The third-order valence-corrected chi connectivity index (χ3v) is 2.88. The first-order chi connectivity index (χ1) is 9.88. The topological polar surface area (TPSA) is 55.2 Å². The van der Waals surface area contributed by atoms with Crippen molar-refractivity contribution in [1.29, 1.82) is 0 Å². The largest absolute Gasteiger partial charge is 0.373 e. The van der Waals surface area contributed by atoms with Gasteiger partial charge in [-0.05, 0) is 29.8 Å². The fourth-order valence-corrected chi connectivity index (χ4v) is 2.01. The van der Waals surface area contributed by atoms with Gasteiger partial charge in [0.2, 0.25) is 0 Å². The SMILES string of the molecule is O=[N+]([O-])c1ccc(F)c(F)c1NCc1cc(F)cc(Cl)c1. The average molecular weight is 317 g/mol. The first-order valence-electron chi connectivity index (χ1n) is 5.69. The van der Waals surface area contributed by atoms with Gasteiger partial charge in [-0.1, -0.05) is 11.6 Å². The summed E-state index contributed by atoms with van der Waals surface area (Å²) in [6.07, 6.45) is 0. The summed E-state index contributed by atoms with van der Waals surface area (Å²) in [5.74, 6) is -3.19. The highest BCUT2D eigenvalue weighted by molar-refractivity contribution is 6.30. The number of nitrogens with one attached hydrogen (secondary N) is 1. The van der Waals surface area contributed by atoms with Gasteiger partial charge in [0.15, 0.2) is 17.3 Å². The molecular weight excluding hydrogens is 309 g/mol. The summed E-state index contributed by atoms with van der Waals surface area (Å²) in [5, 5.41) is 13.3. The predicted molar refractivity (Wildman–Crippen MR) is 71.7 cm³/mol. The van der Waals surface area contributed by atoms with Gasteiger partial charge in [-0.2, -0.15) is 0 Å². The molecule has 2 aromatic rings. The normalized spacial score (nSPS) is 10.5. The molecule has 2 aromatic carbocycles. The number of anilines is 1. The number of hydrogen-bond acceptors (Lipinski definition) is 3. The zero-order valence-electron chi connectivity index (χ0n) is 10.4. The van der Waals surface area contributed by atoms with Gasteiger partial charge in [0.1, 0.15) is 5.82 Å². The lowest BCUT2D eigenvalue weighted by Gasteiger charge is -2.09. The highest BCUT2D eigenvalue weighted by atomic mass is 35.5. The minimum atomic E-state index is -1.37. The highest BCUT2D eigenvalue weighted by Gasteiger charge is 2.21. The summed E-state index contributed by atoms with van der Waals surface area (Å²) in [6, 6.07) is 5.12. The molecule has 4 nitrogen and oxygen atoms in total. The Bertz CT molecular complexity index is 690. The molecule has 0 aromatic heterocycles. The van der Waals surface area contributed by atoms with E-state index in [1.165, 1.54) is 6.07 Å². The van der Waals surface area contributed by atoms with Gasteiger partial charge in [-0.3, -0.25) is 10.1 Å². The van der Waals surface area contributed by atoms with Crippen LogP contribution in [0.1, 0.15) is 5.56 Å². The van der Waals surface area contributed by atoms with Crippen LogP contribution in [0.15, 0.2) is 30.3 Å². The molecule has 110 valence electrons. The molecule has 0 radical (unpaired) electrons. The van der Waals surface area contributed by atoms with Crippen LogP contribution in [-0.2, 0) is 6.54 Å². The lowest BCUT2D eigenvalue weighted by atomic mass is 10.2. The van der Waals surface area contributed by atoms with E-state index in [1.807, 2.05) is 0 Å². The van der Waals surface area contributed by atoms with Gasteiger partial charge in [-0.25, -0.2) is 13.2 Å². The number of rotatable bonds is 4. The van der Waals surface area contributed by atoms with Crippen LogP contribution < -0.4 is 5.32 Å². The van der Waals surface area contributed by atoms with E-state index in [0.29, 0.717) is 11.6 Å². The quantitative estimate of drug-likeness (QED) is 0.676. The third kappa shape index (κ3) is 3.43. The number of halogens is 4. The van der Waals surface area contributed by atoms with Crippen molar-refractivity contribution in [2.24, 2.45) is 0 Å². The van der Waals surface area contributed by atoms with Crippen molar-refractivity contribution in [3.63, 3.8) is 0 Å². The van der Waals surface area contributed by atoms with Gasteiger partial charge in [0, 0.05) is 17.6 Å². The first kappa shape index (κ1) is 15.1. The standard InChI is InChI=1S/C13H8ClF3N2O2/c14-8-3-7(4-9(15)5-8)6-18-13-11(19(20)21)2-1-10(16)12(13)17/h1-5,18H,6H2. The first-order valence-corrected chi connectivity index (χ1v) is 6.07. The number of nitro benzene ring substituents is 1. The molecule has 1 N–H and O–H groups in total. The van der Waals surface area contributed by atoms with Crippen LogP contribution in [0.3, 0.4) is 0 Å². The van der Waals surface area contributed by atoms with Crippen LogP contribution in [0.5, 0.6) is 0 Å². The monoisotopic (exact) mass is 316 g/mol. The Morgan fingerprint density at radius 3 is 2.52 bits per heavy atom. The molecule has 0 saturated heterocycles. The summed E-state index contributed by atoms with van der Waals surface area (Å²) in [4.78, 5) is 9.96. The third-order valence-electron chi connectivity index (χ3n) is 2.66. The summed E-state index contributed by atoms with van der Waals surface area (Å²) >= 11 is 5.66. The maximum absolute atomic E-state index is 13.6. The van der Waals surface area contributed by atoms with E-state index in [-0.39, 0.29) is 11.6 Å². The van der Waals surface area contributed by atoms with Crippen molar-refractivity contribution < 1.29 is 18.1 Å². The minimum Gasteiger partial charge on any atom is -0.373 e. The van der Waals surface area contributed by atoms with E-state index in [2.05, 4.69) is 5.32 Å². The molecule has 0 saturated carbocycles. The second kappa shape index (κ2) is 6.01. The van der Waals surface area contributed by atoms with Gasteiger partial charge in [-0.15, -0.1) is 0 Å². The van der Waals surface area contributed by atoms with E-state index in [1.54, 1.807) is 0 Å². The highest BCUT2D eigenvalue weighted by Crippen LogP contribution is 2.29.